The van der Waals surface area contributed by atoms with E-state index in [0.29, 0.717) is 12.2 Å². The zero-order valence-corrected chi connectivity index (χ0v) is 10.4. The Labute approximate surface area is 109 Å². The lowest BCUT2D eigenvalue weighted by atomic mass is 10.2. The lowest BCUT2D eigenvalue weighted by molar-refractivity contribution is 0.628. The van der Waals surface area contributed by atoms with Gasteiger partial charge in [0.25, 0.3) is 0 Å². The van der Waals surface area contributed by atoms with Gasteiger partial charge in [0.15, 0.2) is 0 Å². The number of anilines is 1. The second kappa shape index (κ2) is 5.39. The van der Waals surface area contributed by atoms with Gasteiger partial charge < -0.3 is 5.32 Å². The summed E-state index contributed by atoms with van der Waals surface area (Å²) in [6, 6.07) is 12.3. The highest BCUT2D eigenvalue weighted by atomic mass is 35.5. The summed E-state index contributed by atoms with van der Waals surface area (Å²) in [5.74, 6) is -0.440. The van der Waals surface area contributed by atoms with Crippen LogP contribution in [-0.2, 0) is 6.54 Å². The number of hydrogen-bond donors (Lipinski definition) is 1. The van der Waals surface area contributed by atoms with Crippen LogP contribution in [0.3, 0.4) is 0 Å². The molecule has 0 amide bonds. The Morgan fingerprint density at radius 2 is 1.59 bits per heavy atom. The van der Waals surface area contributed by atoms with E-state index in [1.165, 1.54) is 12.1 Å². The van der Waals surface area contributed by atoms with Crippen LogP contribution < -0.4 is 5.32 Å². The van der Waals surface area contributed by atoms with E-state index in [1.807, 2.05) is 30.3 Å². The Morgan fingerprint density at radius 3 is 2.18 bits per heavy atom. The van der Waals surface area contributed by atoms with Crippen LogP contribution in [0, 0.1) is 5.82 Å². The topological polar surface area (TPSA) is 12.0 Å². The fourth-order valence-electron chi connectivity index (χ4n) is 1.50. The Kier molecular flexibility index (Phi) is 3.87. The summed E-state index contributed by atoms with van der Waals surface area (Å²) >= 11 is 11.8. The molecule has 0 aliphatic carbocycles. The van der Waals surface area contributed by atoms with Crippen LogP contribution in [0.1, 0.15) is 5.56 Å². The van der Waals surface area contributed by atoms with Crippen molar-refractivity contribution >= 4 is 28.9 Å². The molecular weight excluding hydrogens is 260 g/mol. The molecule has 0 bridgehead atoms. The number of halogens is 3. The van der Waals surface area contributed by atoms with Gasteiger partial charge in [-0.3, -0.25) is 0 Å². The second-order valence-electron chi connectivity index (χ2n) is 3.58. The van der Waals surface area contributed by atoms with Gasteiger partial charge in [0.05, 0.1) is 15.7 Å². The van der Waals surface area contributed by atoms with Gasteiger partial charge in [-0.1, -0.05) is 53.5 Å². The van der Waals surface area contributed by atoms with Crippen molar-refractivity contribution in [2.24, 2.45) is 0 Å². The van der Waals surface area contributed by atoms with Crippen LogP contribution in [-0.4, -0.2) is 0 Å². The van der Waals surface area contributed by atoms with Crippen molar-refractivity contribution in [2.75, 3.05) is 5.32 Å². The van der Waals surface area contributed by atoms with Crippen molar-refractivity contribution in [3.05, 3.63) is 63.9 Å². The molecule has 0 heterocycles. The third kappa shape index (κ3) is 3.11. The van der Waals surface area contributed by atoms with Gasteiger partial charge in [-0.2, -0.15) is 0 Å². The Hall–Kier alpha value is -1.25. The smallest absolute Gasteiger partial charge is 0.126 e. The average Bonchev–Trinajstić information content (AvgIpc) is 2.29. The summed E-state index contributed by atoms with van der Waals surface area (Å²) in [7, 11) is 0. The molecule has 2 aromatic rings. The fraction of sp³-hybridized carbons (Fsp3) is 0.0769. The summed E-state index contributed by atoms with van der Waals surface area (Å²) in [5.41, 5.74) is 1.66. The summed E-state index contributed by atoms with van der Waals surface area (Å²) in [6.45, 7) is 0.589. The highest BCUT2D eigenvalue weighted by Gasteiger charge is 2.07. The first-order chi connectivity index (χ1) is 8.16. The zero-order chi connectivity index (χ0) is 12.3. The van der Waals surface area contributed by atoms with Gasteiger partial charge in [-0.15, -0.1) is 0 Å². The minimum Gasteiger partial charge on any atom is -0.379 e. The molecule has 0 aliphatic rings. The second-order valence-corrected chi connectivity index (χ2v) is 4.40. The summed E-state index contributed by atoms with van der Waals surface area (Å²) in [4.78, 5) is 0. The zero-order valence-electron chi connectivity index (χ0n) is 8.88. The van der Waals surface area contributed by atoms with Gasteiger partial charge in [-0.25, -0.2) is 4.39 Å². The molecule has 88 valence electrons. The molecule has 0 fully saturated rings. The molecule has 0 aliphatic heterocycles. The van der Waals surface area contributed by atoms with Gasteiger partial charge in [0, 0.05) is 6.54 Å². The normalized spacial score (nSPS) is 10.3. The Morgan fingerprint density at radius 1 is 1.00 bits per heavy atom. The number of hydrogen-bond acceptors (Lipinski definition) is 1. The predicted molar refractivity (Wildman–Crippen MR) is 70.2 cm³/mol. The van der Waals surface area contributed by atoms with E-state index in [-0.39, 0.29) is 10.0 Å². The fourth-order valence-corrected chi connectivity index (χ4v) is 2.09. The lowest BCUT2D eigenvalue weighted by Crippen LogP contribution is -2.00. The van der Waals surface area contributed by atoms with Crippen LogP contribution in [0.5, 0.6) is 0 Å². The van der Waals surface area contributed by atoms with Crippen molar-refractivity contribution in [2.45, 2.75) is 6.54 Å². The molecule has 0 atom stereocenters. The van der Waals surface area contributed by atoms with Gasteiger partial charge in [0.1, 0.15) is 5.82 Å². The molecule has 2 aromatic carbocycles. The standard InChI is InChI=1S/C13H10Cl2FN/c14-11-6-10(16)7-12(15)13(11)17-8-9-4-2-1-3-5-9/h1-7,17H,8H2. The monoisotopic (exact) mass is 269 g/mol. The maximum atomic E-state index is 13.0. The quantitative estimate of drug-likeness (QED) is 0.849. The van der Waals surface area contributed by atoms with Crippen molar-refractivity contribution in [1.82, 2.24) is 0 Å². The minimum atomic E-state index is -0.440. The van der Waals surface area contributed by atoms with E-state index >= 15 is 0 Å². The van der Waals surface area contributed by atoms with Crippen LogP contribution in [0.15, 0.2) is 42.5 Å². The van der Waals surface area contributed by atoms with Crippen LogP contribution in [0.2, 0.25) is 10.0 Å². The molecule has 0 aromatic heterocycles. The molecule has 17 heavy (non-hydrogen) atoms. The Bertz CT molecular complexity index is 491. The first kappa shape index (κ1) is 12.2. The maximum absolute atomic E-state index is 13.0. The van der Waals surface area contributed by atoms with Crippen LogP contribution in [0.4, 0.5) is 10.1 Å². The average molecular weight is 270 g/mol. The summed E-state index contributed by atoms with van der Waals surface area (Å²) in [6.07, 6.45) is 0. The maximum Gasteiger partial charge on any atom is 0.126 e. The van der Waals surface area contributed by atoms with E-state index < -0.39 is 5.82 Å². The van der Waals surface area contributed by atoms with Crippen molar-refractivity contribution < 1.29 is 4.39 Å². The molecule has 0 saturated heterocycles. The van der Waals surface area contributed by atoms with E-state index in [2.05, 4.69) is 5.32 Å². The predicted octanol–water partition coefficient (Wildman–Crippen LogP) is 4.74. The third-order valence-electron chi connectivity index (χ3n) is 2.32. The molecule has 2 rings (SSSR count). The van der Waals surface area contributed by atoms with E-state index in [0.717, 1.165) is 5.56 Å². The molecular formula is C13H10Cl2FN. The first-order valence-electron chi connectivity index (χ1n) is 5.09. The number of nitrogens with one attached hydrogen (secondary N) is 1. The number of benzene rings is 2. The van der Waals surface area contributed by atoms with Crippen molar-refractivity contribution in [3.63, 3.8) is 0 Å². The van der Waals surface area contributed by atoms with Crippen molar-refractivity contribution in [1.29, 1.82) is 0 Å². The largest absolute Gasteiger partial charge is 0.379 e. The first-order valence-corrected chi connectivity index (χ1v) is 5.85. The molecule has 1 N–H and O–H groups in total. The Balaban J connectivity index is 2.15. The highest BCUT2D eigenvalue weighted by Crippen LogP contribution is 2.31. The van der Waals surface area contributed by atoms with E-state index in [4.69, 9.17) is 23.2 Å². The van der Waals surface area contributed by atoms with Gasteiger partial charge in [-0.05, 0) is 17.7 Å². The van der Waals surface area contributed by atoms with Crippen LogP contribution in [0.25, 0.3) is 0 Å². The number of rotatable bonds is 3. The third-order valence-corrected chi connectivity index (χ3v) is 2.92. The van der Waals surface area contributed by atoms with E-state index in [1.54, 1.807) is 0 Å². The SMILES string of the molecule is Fc1cc(Cl)c(NCc2ccccc2)c(Cl)c1. The van der Waals surface area contributed by atoms with Crippen molar-refractivity contribution in [3.8, 4) is 0 Å². The van der Waals surface area contributed by atoms with E-state index in [9.17, 15) is 4.39 Å². The summed E-state index contributed by atoms with van der Waals surface area (Å²) in [5, 5.41) is 3.66. The van der Waals surface area contributed by atoms with Crippen LogP contribution >= 0.6 is 23.2 Å². The lowest BCUT2D eigenvalue weighted by Gasteiger charge is -2.10. The summed E-state index contributed by atoms with van der Waals surface area (Å²) < 4.78 is 13.0. The van der Waals surface area contributed by atoms with Gasteiger partial charge in [0.2, 0.25) is 0 Å². The molecule has 0 unspecified atom stereocenters. The molecule has 1 nitrogen and oxygen atoms in total. The minimum absolute atomic E-state index is 0.283. The van der Waals surface area contributed by atoms with Gasteiger partial charge >= 0.3 is 0 Å². The molecule has 4 heteroatoms. The molecule has 0 radical (unpaired) electrons. The molecule has 0 saturated carbocycles. The highest BCUT2D eigenvalue weighted by molar-refractivity contribution is 6.39. The molecule has 0 spiro atoms.